The summed E-state index contributed by atoms with van der Waals surface area (Å²) in [5.74, 6) is 3.41. The number of nitrogens with zero attached hydrogens (tertiary/aromatic N) is 2. The average molecular weight is 365 g/mol. The minimum absolute atomic E-state index is 0.564. The normalized spacial score (nSPS) is 26.1. The van der Waals surface area contributed by atoms with Crippen molar-refractivity contribution in [3.05, 3.63) is 18.1 Å². The Kier molecular flexibility index (Phi) is 6.52. The maximum atomic E-state index is 4.96. The van der Waals surface area contributed by atoms with Gasteiger partial charge >= 0.3 is 0 Å². The van der Waals surface area contributed by atoms with Gasteiger partial charge in [-0.1, -0.05) is 83.4 Å². The van der Waals surface area contributed by atoms with Crippen molar-refractivity contribution in [2.75, 3.05) is 0 Å². The Morgan fingerprint density at radius 2 is 1.59 bits per heavy atom. The lowest BCUT2D eigenvalue weighted by Gasteiger charge is -2.21. The number of rotatable bonds is 3. The second kappa shape index (κ2) is 9.25. The van der Waals surface area contributed by atoms with Crippen LogP contribution < -0.4 is 5.59 Å². The minimum Gasteiger partial charge on any atom is -0.352 e. The molecule has 146 valence electrons. The number of aromatic amines is 1. The van der Waals surface area contributed by atoms with E-state index in [1.165, 1.54) is 102 Å². The lowest BCUT2D eigenvalue weighted by Crippen LogP contribution is -2.21. The van der Waals surface area contributed by atoms with E-state index in [2.05, 4.69) is 24.2 Å². The van der Waals surface area contributed by atoms with Gasteiger partial charge in [-0.05, 0) is 30.4 Å². The number of hydrogen-bond donors (Lipinski definition) is 1. The van der Waals surface area contributed by atoms with E-state index in [1.54, 1.807) is 0 Å². The molecule has 27 heavy (non-hydrogen) atoms. The van der Waals surface area contributed by atoms with Crippen LogP contribution in [-0.2, 0) is 0 Å². The van der Waals surface area contributed by atoms with Gasteiger partial charge in [0.05, 0.1) is 0 Å². The summed E-state index contributed by atoms with van der Waals surface area (Å²) in [4.78, 5) is 13.4. The number of nitrogens with one attached hydrogen (secondary N) is 1. The van der Waals surface area contributed by atoms with E-state index < -0.39 is 0 Å². The van der Waals surface area contributed by atoms with Crippen LogP contribution in [0.5, 0.6) is 0 Å². The molecular weight excluding hydrogens is 329 g/mol. The van der Waals surface area contributed by atoms with E-state index in [9.17, 15) is 0 Å². The molecule has 0 radical (unpaired) electrons. The molecule has 1 N–H and O–H groups in total. The van der Waals surface area contributed by atoms with Crippen LogP contribution in [0.15, 0.2) is 12.3 Å². The molecular formula is C23H36BN3. The summed E-state index contributed by atoms with van der Waals surface area (Å²) in [5.41, 5.74) is 2.43. The van der Waals surface area contributed by atoms with Crippen molar-refractivity contribution >= 4 is 23.9 Å². The Morgan fingerprint density at radius 3 is 2.33 bits per heavy atom. The van der Waals surface area contributed by atoms with E-state index in [0.717, 1.165) is 23.2 Å². The van der Waals surface area contributed by atoms with Crippen molar-refractivity contribution in [1.29, 1.82) is 0 Å². The molecule has 4 heteroatoms. The third-order valence-electron chi connectivity index (χ3n) is 7.04. The summed E-state index contributed by atoms with van der Waals surface area (Å²) in [6.45, 7) is 2.42. The van der Waals surface area contributed by atoms with Crippen LogP contribution in [-0.4, -0.2) is 22.2 Å². The Hall–Kier alpha value is -1.32. The second-order valence-electron chi connectivity index (χ2n) is 9.41. The molecule has 2 aliphatic carbocycles. The van der Waals surface area contributed by atoms with Gasteiger partial charge in [0.25, 0.3) is 0 Å². The standard InChI is InChI=1S/C23H36BN3/c1-17-9-7-13-20(14-8-10-17)24-21-15-19-16-25-22(27-23(19)26-21)18-11-5-3-2-4-6-12-18/h15-18,20,24H,2-14H2,1H3,(H,25,26,27). The van der Waals surface area contributed by atoms with Gasteiger partial charge in [-0.2, -0.15) is 0 Å². The Morgan fingerprint density at radius 1 is 0.889 bits per heavy atom. The second-order valence-corrected chi connectivity index (χ2v) is 9.41. The van der Waals surface area contributed by atoms with E-state index in [0.29, 0.717) is 5.92 Å². The molecule has 0 amide bonds. The first-order valence-electron chi connectivity index (χ1n) is 11.6. The summed E-state index contributed by atoms with van der Waals surface area (Å²) >= 11 is 0. The van der Waals surface area contributed by atoms with Crippen molar-refractivity contribution in [2.45, 2.75) is 102 Å². The summed E-state index contributed by atoms with van der Waals surface area (Å²) in [5, 5.41) is 1.19. The molecule has 0 saturated heterocycles. The number of aromatic nitrogens is 3. The van der Waals surface area contributed by atoms with Gasteiger partial charge < -0.3 is 4.98 Å². The molecule has 0 unspecified atom stereocenters. The van der Waals surface area contributed by atoms with Gasteiger partial charge in [0.1, 0.15) is 11.5 Å². The van der Waals surface area contributed by atoms with E-state index in [-0.39, 0.29) is 0 Å². The lowest BCUT2D eigenvalue weighted by atomic mass is 9.57. The minimum atomic E-state index is 0.564. The first-order chi connectivity index (χ1) is 13.3. The average Bonchev–Trinajstić information content (AvgIpc) is 3.01. The van der Waals surface area contributed by atoms with Crippen molar-refractivity contribution in [1.82, 2.24) is 15.0 Å². The number of fused-ring (bicyclic) bond motifs is 1. The molecule has 2 heterocycles. The SMILES string of the molecule is CC1CCCC(Bc2cc3cnc(C4CCCCCCC4)nc3[nH]2)CCC1. The van der Waals surface area contributed by atoms with Crippen LogP contribution in [0.2, 0.25) is 5.82 Å². The molecule has 0 aliphatic heterocycles. The van der Waals surface area contributed by atoms with Crippen LogP contribution in [0.4, 0.5) is 0 Å². The Balaban J connectivity index is 1.44. The highest BCUT2D eigenvalue weighted by Crippen LogP contribution is 2.30. The van der Waals surface area contributed by atoms with Gasteiger partial charge in [-0.3, -0.25) is 0 Å². The number of hydrogen-bond acceptors (Lipinski definition) is 2. The van der Waals surface area contributed by atoms with Crippen LogP contribution in [0.3, 0.4) is 0 Å². The summed E-state index contributed by atoms with van der Waals surface area (Å²) in [6.07, 6.45) is 19.8. The van der Waals surface area contributed by atoms with Gasteiger partial charge in [0.15, 0.2) is 7.28 Å². The molecule has 4 rings (SSSR count). The van der Waals surface area contributed by atoms with Gasteiger partial charge in [-0.25, -0.2) is 9.97 Å². The lowest BCUT2D eigenvalue weighted by molar-refractivity contribution is 0.403. The predicted molar refractivity (Wildman–Crippen MR) is 116 cm³/mol. The maximum absolute atomic E-state index is 4.96. The van der Waals surface area contributed by atoms with Crippen molar-refractivity contribution in [3.63, 3.8) is 0 Å². The highest BCUT2D eigenvalue weighted by Gasteiger charge is 2.19. The fourth-order valence-electron chi connectivity index (χ4n) is 5.32. The summed E-state index contributed by atoms with van der Waals surface area (Å²) < 4.78 is 0. The highest BCUT2D eigenvalue weighted by molar-refractivity contribution is 6.54. The molecule has 0 spiro atoms. The first kappa shape index (κ1) is 19.0. The van der Waals surface area contributed by atoms with Crippen LogP contribution >= 0.6 is 0 Å². The molecule has 2 aromatic rings. The molecule has 2 aromatic heterocycles. The van der Waals surface area contributed by atoms with Crippen molar-refractivity contribution in [2.24, 2.45) is 5.92 Å². The third-order valence-corrected chi connectivity index (χ3v) is 7.04. The van der Waals surface area contributed by atoms with Crippen molar-refractivity contribution in [3.8, 4) is 0 Å². The zero-order valence-electron chi connectivity index (χ0n) is 17.2. The fourth-order valence-corrected chi connectivity index (χ4v) is 5.32. The largest absolute Gasteiger partial charge is 0.352 e. The maximum Gasteiger partial charge on any atom is 0.182 e. The van der Waals surface area contributed by atoms with Crippen LogP contribution in [0, 0.1) is 5.92 Å². The van der Waals surface area contributed by atoms with Gasteiger partial charge in [0, 0.05) is 17.5 Å². The topological polar surface area (TPSA) is 41.6 Å². The van der Waals surface area contributed by atoms with Crippen molar-refractivity contribution < 1.29 is 0 Å². The van der Waals surface area contributed by atoms with Gasteiger partial charge in [0.2, 0.25) is 0 Å². The Bertz CT molecular complexity index is 707. The molecule has 2 aliphatic rings. The first-order valence-corrected chi connectivity index (χ1v) is 11.6. The zero-order valence-corrected chi connectivity index (χ0v) is 17.2. The molecule has 0 atom stereocenters. The molecule has 0 bridgehead atoms. The predicted octanol–water partition coefficient (Wildman–Crippen LogP) is 5.63. The molecule has 3 nitrogen and oxygen atoms in total. The molecule has 2 saturated carbocycles. The summed E-state index contributed by atoms with van der Waals surface area (Å²) in [6, 6.07) is 2.30. The molecule has 0 aromatic carbocycles. The third kappa shape index (κ3) is 5.15. The number of H-pyrrole nitrogens is 1. The highest BCUT2D eigenvalue weighted by atomic mass is 14.9. The zero-order chi connectivity index (χ0) is 18.5. The quantitative estimate of drug-likeness (QED) is 0.717. The van der Waals surface area contributed by atoms with Gasteiger partial charge in [-0.15, -0.1) is 0 Å². The van der Waals surface area contributed by atoms with Crippen LogP contribution in [0.1, 0.15) is 102 Å². The van der Waals surface area contributed by atoms with Crippen LogP contribution in [0.25, 0.3) is 11.0 Å². The van der Waals surface area contributed by atoms with E-state index in [1.807, 2.05) is 0 Å². The smallest absolute Gasteiger partial charge is 0.182 e. The van der Waals surface area contributed by atoms with E-state index in [4.69, 9.17) is 9.97 Å². The monoisotopic (exact) mass is 365 g/mol. The Labute approximate surface area is 165 Å². The fraction of sp³-hybridized carbons (Fsp3) is 0.739. The van der Waals surface area contributed by atoms with E-state index >= 15 is 0 Å². The summed E-state index contributed by atoms with van der Waals surface area (Å²) in [7, 11) is 1.18. The molecule has 2 fully saturated rings.